The zero-order chi connectivity index (χ0) is 9.42. The van der Waals surface area contributed by atoms with Gasteiger partial charge in [-0.25, -0.2) is 0 Å². The molecule has 0 saturated heterocycles. The van der Waals surface area contributed by atoms with Crippen LogP contribution < -0.4 is 11.1 Å². The van der Waals surface area contributed by atoms with Gasteiger partial charge in [-0.3, -0.25) is 0 Å². The highest BCUT2D eigenvalue weighted by Crippen LogP contribution is 2.45. The van der Waals surface area contributed by atoms with Crippen LogP contribution in [0.4, 0.5) is 11.4 Å². The third kappa shape index (κ3) is 1.41. The first-order valence-electron chi connectivity index (χ1n) is 4.52. The Labute approximate surface area is 77.6 Å². The molecule has 0 amide bonds. The maximum Gasteiger partial charge on any atom is 0.118 e. The Balaban J connectivity index is 2.47. The molecule has 1 aliphatic carbocycles. The summed E-state index contributed by atoms with van der Waals surface area (Å²) < 4.78 is 0. The third-order valence-electron chi connectivity index (χ3n) is 2.48. The van der Waals surface area contributed by atoms with Crippen molar-refractivity contribution in [1.82, 2.24) is 0 Å². The molecule has 1 saturated carbocycles. The molecule has 0 aromatic heterocycles. The Bertz CT molecular complexity index is 332. The number of nitrogens with two attached hydrogens (primary N) is 1. The lowest BCUT2D eigenvalue weighted by Gasteiger charge is -2.10. The molecule has 0 heterocycles. The molecule has 0 radical (unpaired) electrons. The van der Waals surface area contributed by atoms with Crippen LogP contribution in [0.25, 0.3) is 0 Å². The van der Waals surface area contributed by atoms with Gasteiger partial charge in [-0.05, 0) is 30.4 Å². The SMILES string of the molecule is CNc1cc(O)cc(C2CC2)c1N. The number of aromatic hydroxyl groups is 1. The van der Waals surface area contributed by atoms with Crippen molar-refractivity contribution in [2.45, 2.75) is 18.8 Å². The molecule has 1 aromatic carbocycles. The summed E-state index contributed by atoms with van der Waals surface area (Å²) in [5.41, 5.74) is 8.62. The average molecular weight is 178 g/mol. The molecule has 1 fully saturated rings. The van der Waals surface area contributed by atoms with Crippen LogP contribution in [-0.2, 0) is 0 Å². The molecular formula is C10H14N2O. The lowest BCUT2D eigenvalue weighted by atomic mass is 10.1. The van der Waals surface area contributed by atoms with E-state index in [1.54, 1.807) is 12.1 Å². The zero-order valence-electron chi connectivity index (χ0n) is 7.67. The Kier molecular flexibility index (Phi) is 1.79. The van der Waals surface area contributed by atoms with Crippen LogP contribution in [0.3, 0.4) is 0 Å². The minimum atomic E-state index is 0.292. The van der Waals surface area contributed by atoms with Crippen LogP contribution in [0, 0.1) is 0 Å². The Morgan fingerprint density at radius 1 is 1.46 bits per heavy atom. The van der Waals surface area contributed by atoms with Crippen molar-refractivity contribution in [1.29, 1.82) is 0 Å². The quantitative estimate of drug-likeness (QED) is 0.479. The largest absolute Gasteiger partial charge is 0.508 e. The first-order valence-corrected chi connectivity index (χ1v) is 4.52. The summed E-state index contributed by atoms with van der Waals surface area (Å²) in [7, 11) is 1.81. The van der Waals surface area contributed by atoms with Crippen molar-refractivity contribution in [3.8, 4) is 5.75 Å². The van der Waals surface area contributed by atoms with Gasteiger partial charge in [0.15, 0.2) is 0 Å². The Hall–Kier alpha value is -1.38. The summed E-state index contributed by atoms with van der Waals surface area (Å²) in [5, 5.41) is 12.4. The molecule has 0 spiro atoms. The number of anilines is 2. The molecule has 0 unspecified atom stereocenters. The van der Waals surface area contributed by atoms with Gasteiger partial charge in [0, 0.05) is 13.1 Å². The van der Waals surface area contributed by atoms with E-state index >= 15 is 0 Å². The molecule has 1 aromatic rings. The van der Waals surface area contributed by atoms with Crippen LogP contribution in [0.5, 0.6) is 5.75 Å². The molecule has 3 nitrogen and oxygen atoms in total. The minimum Gasteiger partial charge on any atom is -0.508 e. The van der Waals surface area contributed by atoms with Gasteiger partial charge in [-0.1, -0.05) is 0 Å². The fourth-order valence-electron chi connectivity index (χ4n) is 1.60. The predicted octanol–water partition coefficient (Wildman–Crippen LogP) is 1.89. The molecule has 0 aliphatic heterocycles. The first-order chi connectivity index (χ1) is 6.22. The molecule has 4 N–H and O–H groups in total. The third-order valence-corrected chi connectivity index (χ3v) is 2.48. The van der Waals surface area contributed by atoms with E-state index in [0.717, 1.165) is 16.9 Å². The van der Waals surface area contributed by atoms with E-state index in [2.05, 4.69) is 5.32 Å². The van der Waals surface area contributed by atoms with E-state index in [-0.39, 0.29) is 0 Å². The summed E-state index contributed by atoms with van der Waals surface area (Å²) in [6.07, 6.45) is 2.38. The van der Waals surface area contributed by atoms with E-state index in [4.69, 9.17) is 5.73 Å². The van der Waals surface area contributed by atoms with E-state index in [1.165, 1.54) is 12.8 Å². The number of hydrogen-bond acceptors (Lipinski definition) is 3. The van der Waals surface area contributed by atoms with Crippen LogP contribution in [-0.4, -0.2) is 12.2 Å². The maximum atomic E-state index is 9.43. The molecule has 2 rings (SSSR count). The van der Waals surface area contributed by atoms with Gasteiger partial charge < -0.3 is 16.2 Å². The van der Waals surface area contributed by atoms with Gasteiger partial charge in [0.05, 0.1) is 11.4 Å². The minimum absolute atomic E-state index is 0.292. The second-order valence-corrected chi connectivity index (χ2v) is 3.52. The van der Waals surface area contributed by atoms with Crippen molar-refractivity contribution >= 4 is 11.4 Å². The Morgan fingerprint density at radius 3 is 2.69 bits per heavy atom. The summed E-state index contributed by atoms with van der Waals surface area (Å²) in [4.78, 5) is 0. The molecular weight excluding hydrogens is 164 g/mol. The highest BCUT2D eigenvalue weighted by Gasteiger charge is 2.26. The van der Waals surface area contributed by atoms with Crippen LogP contribution in [0.2, 0.25) is 0 Å². The summed E-state index contributed by atoms with van der Waals surface area (Å²) >= 11 is 0. The standard InChI is InChI=1S/C10H14N2O/c1-12-9-5-7(13)4-8(10(9)11)6-2-3-6/h4-6,12-13H,2-3,11H2,1H3. The lowest BCUT2D eigenvalue weighted by Crippen LogP contribution is -1.99. The average Bonchev–Trinajstić information content (AvgIpc) is 2.91. The molecule has 13 heavy (non-hydrogen) atoms. The normalized spacial score (nSPS) is 15.8. The van der Waals surface area contributed by atoms with Gasteiger partial charge in [-0.2, -0.15) is 0 Å². The van der Waals surface area contributed by atoms with Gasteiger partial charge in [-0.15, -0.1) is 0 Å². The maximum absolute atomic E-state index is 9.43. The number of phenolic OH excluding ortho intramolecular Hbond substituents is 1. The molecule has 3 heteroatoms. The number of phenols is 1. The van der Waals surface area contributed by atoms with Gasteiger partial charge in [0.2, 0.25) is 0 Å². The monoisotopic (exact) mass is 178 g/mol. The van der Waals surface area contributed by atoms with Crippen molar-refractivity contribution in [3.63, 3.8) is 0 Å². The van der Waals surface area contributed by atoms with Crippen LogP contribution in [0.15, 0.2) is 12.1 Å². The van der Waals surface area contributed by atoms with E-state index in [9.17, 15) is 5.11 Å². The first kappa shape index (κ1) is 8.23. The second-order valence-electron chi connectivity index (χ2n) is 3.52. The fourth-order valence-corrected chi connectivity index (χ4v) is 1.60. The topological polar surface area (TPSA) is 58.3 Å². The number of benzene rings is 1. The molecule has 0 bridgehead atoms. The van der Waals surface area contributed by atoms with Crippen LogP contribution in [0.1, 0.15) is 24.3 Å². The summed E-state index contributed by atoms with van der Waals surface area (Å²) in [5.74, 6) is 0.861. The van der Waals surface area contributed by atoms with Crippen molar-refractivity contribution in [2.75, 3.05) is 18.1 Å². The smallest absolute Gasteiger partial charge is 0.118 e. The predicted molar refractivity (Wildman–Crippen MR) is 54.0 cm³/mol. The summed E-state index contributed by atoms with van der Waals surface area (Å²) in [6.45, 7) is 0. The number of nitrogen functional groups attached to an aromatic ring is 1. The highest BCUT2D eigenvalue weighted by molar-refractivity contribution is 5.73. The van der Waals surface area contributed by atoms with Crippen molar-refractivity contribution in [3.05, 3.63) is 17.7 Å². The second kappa shape index (κ2) is 2.83. The fraction of sp³-hybridized carbons (Fsp3) is 0.400. The van der Waals surface area contributed by atoms with Crippen LogP contribution >= 0.6 is 0 Å². The van der Waals surface area contributed by atoms with Gasteiger partial charge in [0.1, 0.15) is 5.75 Å². The van der Waals surface area contributed by atoms with E-state index in [0.29, 0.717) is 11.7 Å². The molecule has 70 valence electrons. The highest BCUT2D eigenvalue weighted by atomic mass is 16.3. The van der Waals surface area contributed by atoms with E-state index in [1.807, 2.05) is 7.05 Å². The van der Waals surface area contributed by atoms with Crippen molar-refractivity contribution < 1.29 is 5.11 Å². The number of nitrogens with one attached hydrogen (secondary N) is 1. The Morgan fingerprint density at radius 2 is 2.15 bits per heavy atom. The summed E-state index contributed by atoms with van der Waals surface area (Å²) in [6, 6.07) is 3.43. The number of rotatable bonds is 2. The van der Waals surface area contributed by atoms with Gasteiger partial charge in [0.25, 0.3) is 0 Å². The molecule has 1 aliphatic rings. The lowest BCUT2D eigenvalue weighted by molar-refractivity contribution is 0.475. The van der Waals surface area contributed by atoms with Crippen molar-refractivity contribution in [2.24, 2.45) is 0 Å². The molecule has 0 atom stereocenters. The zero-order valence-corrected chi connectivity index (χ0v) is 7.67. The van der Waals surface area contributed by atoms with E-state index < -0.39 is 0 Å². The number of hydrogen-bond donors (Lipinski definition) is 3. The van der Waals surface area contributed by atoms with Gasteiger partial charge >= 0.3 is 0 Å².